The SMILES string of the molecule is COc1ccc(C2CN(C(=O)C(C)C(C)C)CCS2)cc1. The Kier molecular flexibility index (Phi) is 5.57. The molecule has 0 spiro atoms. The third-order valence-corrected chi connectivity index (χ3v) is 5.50. The third-order valence-electron chi connectivity index (χ3n) is 4.26. The van der Waals surface area contributed by atoms with Crippen molar-refractivity contribution in [2.75, 3.05) is 26.0 Å². The number of benzene rings is 1. The summed E-state index contributed by atoms with van der Waals surface area (Å²) in [5.41, 5.74) is 1.27. The molecule has 1 heterocycles. The zero-order valence-corrected chi connectivity index (χ0v) is 14.2. The smallest absolute Gasteiger partial charge is 0.225 e. The van der Waals surface area contributed by atoms with Gasteiger partial charge in [0.2, 0.25) is 5.91 Å². The van der Waals surface area contributed by atoms with Crippen LogP contribution < -0.4 is 4.74 Å². The molecule has 1 aliphatic heterocycles. The second-order valence-corrected chi connectivity index (χ2v) is 7.26. The normalized spacial score (nSPS) is 20.4. The van der Waals surface area contributed by atoms with Crippen LogP contribution in [0.1, 0.15) is 31.6 Å². The highest BCUT2D eigenvalue weighted by Crippen LogP contribution is 2.34. The molecule has 116 valence electrons. The fraction of sp³-hybridized carbons (Fsp3) is 0.588. The first kappa shape index (κ1) is 16.2. The van der Waals surface area contributed by atoms with Crippen molar-refractivity contribution in [3.8, 4) is 5.75 Å². The molecule has 0 aliphatic carbocycles. The Morgan fingerprint density at radius 1 is 1.29 bits per heavy atom. The van der Waals surface area contributed by atoms with Gasteiger partial charge >= 0.3 is 0 Å². The molecular weight excluding hydrogens is 282 g/mol. The van der Waals surface area contributed by atoms with E-state index in [0.717, 1.165) is 24.6 Å². The first-order valence-electron chi connectivity index (χ1n) is 7.57. The Bertz CT molecular complexity index is 472. The fourth-order valence-corrected chi connectivity index (χ4v) is 3.69. The van der Waals surface area contributed by atoms with Gasteiger partial charge in [0, 0.05) is 30.0 Å². The largest absolute Gasteiger partial charge is 0.497 e. The van der Waals surface area contributed by atoms with E-state index >= 15 is 0 Å². The van der Waals surface area contributed by atoms with Gasteiger partial charge in [0.25, 0.3) is 0 Å². The highest BCUT2D eigenvalue weighted by Gasteiger charge is 2.29. The van der Waals surface area contributed by atoms with Crippen molar-refractivity contribution < 1.29 is 9.53 Å². The Hall–Kier alpha value is -1.16. The molecule has 1 saturated heterocycles. The molecule has 21 heavy (non-hydrogen) atoms. The molecule has 0 N–H and O–H groups in total. The summed E-state index contributed by atoms with van der Waals surface area (Å²) in [5.74, 6) is 2.67. The number of carbonyl (C=O) groups excluding carboxylic acids is 1. The van der Waals surface area contributed by atoms with E-state index in [4.69, 9.17) is 4.74 Å². The molecule has 0 radical (unpaired) electrons. The van der Waals surface area contributed by atoms with Crippen LogP contribution in [0.2, 0.25) is 0 Å². The van der Waals surface area contributed by atoms with Gasteiger partial charge in [0.1, 0.15) is 5.75 Å². The van der Waals surface area contributed by atoms with Gasteiger partial charge in [-0.1, -0.05) is 32.9 Å². The van der Waals surface area contributed by atoms with Gasteiger partial charge in [-0.2, -0.15) is 11.8 Å². The molecule has 1 aromatic rings. The lowest BCUT2D eigenvalue weighted by Crippen LogP contribution is -2.43. The van der Waals surface area contributed by atoms with E-state index in [0.29, 0.717) is 17.1 Å². The van der Waals surface area contributed by atoms with Crippen LogP contribution in [-0.2, 0) is 4.79 Å². The topological polar surface area (TPSA) is 29.5 Å². The van der Waals surface area contributed by atoms with Crippen molar-refractivity contribution >= 4 is 17.7 Å². The van der Waals surface area contributed by atoms with Gasteiger partial charge in [0.05, 0.1) is 7.11 Å². The highest BCUT2D eigenvalue weighted by molar-refractivity contribution is 7.99. The summed E-state index contributed by atoms with van der Waals surface area (Å²) in [4.78, 5) is 14.6. The van der Waals surface area contributed by atoms with Gasteiger partial charge in [-0.15, -0.1) is 0 Å². The maximum atomic E-state index is 12.5. The van der Waals surface area contributed by atoms with Gasteiger partial charge in [-0.25, -0.2) is 0 Å². The Morgan fingerprint density at radius 3 is 2.52 bits per heavy atom. The Balaban J connectivity index is 2.04. The fourth-order valence-electron chi connectivity index (χ4n) is 2.44. The van der Waals surface area contributed by atoms with Crippen molar-refractivity contribution in [2.24, 2.45) is 11.8 Å². The molecule has 3 nitrogen and oxygen atoms in total. The molecule has 1 amide bonds. The lowest BCUT2D eigenvalue weighted by atomic mass is 9.96. The summed E-state index contributed by atoms with van der Waals surface area (Å²) >= 11 is 1.94. The van der Waals surface area contributed by atoms with Crippen molar-refractivity contribution in [1.82, 2.24) is 4.90 Å². The summed E-state index contributed by atoms with van der Waals surface area (Å²) in [5, 5.41) is 0.368. The summed E-state index contributed by atoms with van der Waals surface area (Å²) in [6.45, 7) is 7.95. The highest BCUT2D eigenvalue weighted by atomic mass is 32.2. The monoisotopic (exact) mass is 307 g/mol. The molecular formula is C17H25NO2S. The van der Waals surface area contributed by atoms with Crippen LogP contribution in [-0.4, -0.2) is 36.8 Å². The van der Waals surface area contributed by atoms with Crippen molar-refractivity contribution in [3.63, 3.8) is 0 Å². The van der Waals surface area contributed by atoms with Crippen LogP contribution in [0.25, 0.3) is 0 Å². The minimum Gasteiger partial charge on any atom is -0.497 e. The average Bonchev–Trinajstić information content (AvgIpc) is 2.53. The zero-order valence-electron chi connectivity index (χ0n) is 13.3. The molecule has 1 fully saturated rings. The molecule has 0 aromatic heterocycles. The molecule has 2 rings (SSSR count). The molecule has 4 heteroatoms. The van der Waals surface area contributed by atoms with E-state index in [1.165, 1.54) is 5.56 Å². The molecule has 1 aromatic carbocycles. The Morgan fingerprint density at radius 2 is 1.95 bits per heavy atom. The maximum absolute atomic E-state index is 12.5. The number of thioether (sulfide) groups is 1. The van der Waals surface area contributed by atoms with E-state index in [-0.39, 0.29) is 5.92 Å². The van der Waals surface area contributed by atoms with Crippen LogP contribution in [0.4, 0.5) is 0 Å². The van der Waals surface area contributed by atoms with Crippen molar-refractivity contribution in [2.45, 2.75) is 26.0 Å². The van der Waals surface area contributed by atoms with E-state index < -0.39 is 0 Å². The standard InChI is InChI=1S/C17H25NO2S/c1-12(2)13(3)17(19)18-9-10-21-16(11-18)14-5-7-15(20-4)8-6-14/h5-8,12-13,16H,9-11H2,1-4H3. The zero-order chi connectivity index (χ0) is 15.4. The van der Waals surface area contributed by atoms with Crippen LogP contribution >= 0.6 is 11.8 Å². The quantitative estimate of drug-likeness (QED) is 0.851. The summed E-state index contributed by atoms with van der Waals surface area (Å²) < 4.78 is 5.20. The molecule has 2 unspecified atom stereocenters. The second kappa shape index (κ2) is 7.21. The number of hydrogen-bond donors (Lipinski definition) is 0. The molecule has 2 atom stereocenters. The number of hydrogen-bond acceptors (Lipinski definition) is 3. The number of ether oxygens (including phenoxy) is 1. The third kappa shape index (κ3) is 3.94. The van der Waals surface area contributed by atoms with Crippen LogP contribution in [0.3, 0.4) is 0 Å². The molecule has 1 aliphatic rings. The lowest BCUT2D eigenvalue weighted by Gasteiger charge is -2.35. The predicted molar refractivity (Wildman–Crippen MR) is 88.8 cm³/mol. The van der Waals surface area contributed by atoms with Crippen molar-refractivity contribution in [1.29, 1.82) is 0 Å². The number of amides is 1. The van der Waals surface area contributed by atoms with E-state index in [1.807, 2.05) is 35.7 Å². The molecule has 0 saturated carbocycles. The molecule has 0 bridgehead atoms. The minimum absolute atomic E-state index is 0.101. The van der Waals surface area contributed by atoms with Gasteiger partial charge in [-0.3, -0.25) is 4.79 Å². The number of carbonyl (C=O) groups is 1. The van der Waals surface area contributed by atoms with Gasteiger partial charge in [-0.05, 0) is 23.6 Å². The van der Waals surface area contributed by atoms with Gasteiger partial charge < -0.3 is 9.64 Å². The summed E-state index contributed by atoms with van der Waals surface area (Å²) in [6.07, 6.45) is 0. The van der Waals surface area contributed by atoms with Crippen LogP contribution in [0.15, 0.2) is 24.3 Å². The second-order valence-electron chi connectivity index (χ2n) is 5.95. The number of rotatable bonds is 4. The van der Waals surface area contributed by atoms with E-state index in [2.05, 4.69) is 26.0 Å². The van der Waals surface area contributed by atoms with Gasteiger partial charge in [0.15, 0.2) is 0 Å². The first-order valence-corrected chi connectivity index (χ1v) is 8.62. The first-order chi connectivity index (χ1) is 10.0. The maximum Gasteiger partial charge on any atom is 0.225 e. The Labute approximate surface area is 132 Å². The van der Waals surface area contributed by atoms with Crippen molar-refractivity contribution in [3.05, 3.63) is 29.8 Å². The average molecular weight is 307 g/mol. The predicted octanol–water partition coefficient (Wildman–Crippen LogP) is 3.60. The van der Waals surface area contributed by atoms with Crippen LogP contribution in [0, 0.1) is 11.8 Å². The lowest BCUT2D eigenvalue weighted by molar-refractivity contribution is -0.136. The number of methoxy groups -OCH3 is 1. The van der Waals surface area contributed by atoms with E-state index in [9.17, 15) is 4.79 Å². The minimum atomic E-state index is 0.101. The van der Waals surface area contributed by atoms with Crippen LogP contribution in [0.5, 0.6) is 5.75 Å². The summed E-state index contributed by atoms with van der Waals surface area (Å²) in [7, 11) is 1.68. The number of nitrogens with zero attached hydrogens (tertiary/aromatic N) is 1. The summed E-state index contributed by atoms with van der Waals surface area (Å²) in [6, 6.07) is 8.20. The van der Waals surface area contributed by atoms with E-state index in [1.54, 1.807) is 7.11 Å².